The number of aryl methyl sites for hydroxylation is 1. The van der Waals surface area contributed by atoms with Gasteiger partial charge in [-0.15, -0.1) is 0 Å². The first-order valence-electron chi connectivity index (χ1n) is 12.2. The number of benzene rings is 3. The smallest absolute Gasteiger partial charge is 0.341 e. The van der Waals surface area contributed by atoms with Gasteiger partial charge >= 0.3 is 11.9 Å². The van der Waals surface area contributed by atoms with Crippen molar-refractivity contribution in [1.82, 2.24) is 4.57 Å². The van der Waals surface area contributed by atoms with Gasteiger partial charge in [0.1, 0.15) is 23.0 Å². The number of hydrogen-bond acceptors (Lipinski definition) is 7. The number of Topliss-reactive ketones (excluding diaryl/α,β-unsaturated/α-hetero) is 1. The maximum atomic E-state index is 13.5. The summed E-state index contributed by atoms with van der Waals surface area (Å²) in [6, 6.07) is 15.8. The molecule has 0 fully saturated rings. The lowest BCUT2D eigenvalue weighted by Crippen LogP contribution is -2.22. The lowest BCUT2D eigenvalue weighted by atomic mass is 9.84. The highest BCUT2D eigenvalue weighted by Crippen LogP contribution is 2.50. The Morgan fingerprint density at radius 3 is 2.74 bits per heavy atom. The third-order valence-electron chi connectivity index (χ3n) is 6.94. The number of ketones is 1. The molecule has 0 aliphatic carbocycles. The Kier molecular flexibility index (Phi) is 5.83. The van der Waals surface area contributed by atoms with Gasteiger partial charge in [-0.2, -0.15) is 0 Å². The van der Waals surface area contributed by atoms with Crippen LogP contribution in [0.15, 0.2) is 66.6 Å². The quantitative estimate of drug-likeness (QED) is 0.219. The molecule has 1 N–H and O–H groups in total. The molecule has 0 saturated heterocycles. The summed E-state index contributed by atoms with van der Waals surface area (Å²) in [5.41, 5.74) is 3.24. The molecule has 0 amide bonds. The largest absolute Gasteiger partial charge is 0.497 e. The summed E-state index contributed by atoms with van der Waals surface area (Å²) in [4.78, 5) is 37.2. The van der Waals surface area contributed by atoms with E-state index >= 15 is 0 Å². The minimum Gasteiger partial charge on any atom is -0.497 e. The molecule has 0 spiro atoms. The molecule has 3 heterocycles. The van der Waals surface area contributed by atoms with Crippen LogP contribution in [0.5, 0.6) is 23.0 Å². The normalized spacial score (nSPS) is 17.0. The van der Waals surface area contributed by atoms with Gasteiger partial charge in [-0.1, -0.05) is 18.2 Å². The average molecular weight is 526 g/mol. The van der Waals surface area contributed by atoms with Crippen LogP contribution in [0.2, 0.25) is 0 Å². The Balaban J connectivity index is 1.44. The zero-order valence-electron chi connectivity index (χ0n) is 21.1. The maximum Gasteiger partial charge on any atom is 0.341 e. The van der Waals surface area contributed by atoms with Gasteiger partial charge in [0.15, 0.2) is 12.4 Å². The molecule has 0 radical (unpaired) electrons. The zero-order chi connectivity index (χ0) is 27.3. The second kappa shape index (κ2) is 9.36. The van der Waals surface area contributed by atoms with Gasteiger partial charge in [-0.05, 0) is 42.5 Å². The molecule has 2 aliphatic heterocycles. The Hall–Kier alpha value is -5.05. The van der Waals surface area contributed by atoms with Crippen molar-refractivity contribution in [2.24, 2.45) is 7.05 Å². The summed E-state index contributed by atoms with van der Waals surface area (Å²) in [7, 11) is 3.52. The first kappa shape index (κ1) is 24.3. The number of allylic oxidation sites excluding steroid dienone is 1. The van der Waals surface area contributed by atoms with Gasteiger partial charge in [0.25, 0.3) is 0 Å². The number of ether oxygens (including phenoxy) is 4. The van der Waals surface area contributed by atoms with Crippen LogP contribution >= 0.6 is 0 Å². The number of carbonyl (C=O) groups excluding carboxylic acids is 2. The van der Waals surface area contributed by atoms with Crippen molar-refractivity contribution in [1.29, 1.82) is 0 Å². The van der Waals surface area contributed by atoms with E-state index in [0.717, 1.165) is 16.5 Å². The van der Waals surface area contributed by atoms with Gasteiger partial charge in [0.05, 0.1) is 19.1 Å². The number of hydrogen-bond donors (Lipinski definition) is 1. The fourth-order valence-electron chi connectivity index (χ4n) is 5.20. The summed E-state index contributed by atoms with van der Waals surface area (Å²) in [6.07, 6.45) is 3.58. The van der Waals surface area contributed by atoms with Crippen LogP contribution in [0.4, 0.5) is 0 Å². The lowest BCUT2D eigenvalue weighted by Gasteiger charge is -2.27. The van der Waals surface area contributed by atoms with Gasteiger partial charge in [0, 0.05) is 46.8 Å². The summed E-state index contributed by atoms with van der Waals surface area (Å²) in [6.45, 7) is -0.536. The third kappa shape index (κ3) is 4.17. The lowest BCUT2D eigenvalue weighted by molar-refractivity contribution is -0.139. The zero-order valence-corrected chi connectivity index (χ0v) is 21.1. The molecular formula is C30H23NO8. The number of aliphatic carboxylic acids is 1. The van der Waals surface area contributed by atoms with Gasteiger partial charge in [0.2, 0.25) is 5.78 Å². The van der Waals surface area contributed by atoms with Crippen molar-refractivity contribution in [2.75, 3.05) is 13.7 Å². The van der Waals surface area contributed by atoms with E-state index in [0.29, 0.717) is 33.9 Å². The maximum absolute atomic E-state index is 13.5. The second-order valence-electron chi connectivity index (χ2n) is 9.32. The minimum absolute atomic E-state index is 0.0311. The standard InChI is InChI=1S/C30H23NO8/c1-31-14-16(20-12-17(36-2)7-9-22(20)31)11-25-29(35)19-8-10-24-28(30(19)39-25)21(13-27(34)38-24)18-5-3-4-6-23(18)37-15-26(32)33/h3-12,14,21H,13,15H2,1-2H3,(H,32,33)/b25-11-/t21-/m0/s1. The number of esters is 1. The van der Waals surface area contributed by atoms with Crippen molar-refractivity contribution < 1.29 is 38.4 Å². The Morgan fingerprint density at radius 1 is 1.13 bits per heavy atom. The molecule has 6 rings (SSSR count). The van der Waals surface area contributed by atoms with Gasteiger partial charge in [-0.3, -0.25) is 9.59 Å². The van der Waals surface area contributed by atoms with E-state index in [1.165, 1.54) is 0 Å². The summed E-state index contributed by atoms with van der Waals surface area (Å²) in [5, 5.41) is 10.0. The predicted molar refractivity (Wildman–Crippen MR) is 141 cm³/mol. The molecule has 0 unspecified atom stereocenters. The average Bonchev–Trinajstić information content (AvgIpc) is 3.42. The van der Waals surface area contributed by atoms with Crippen LogP contribution in [0.1, 0.15) is 39.4 Å². The molecule has 2 aliphatic rings. The molecule has 9 heteroatoms. The highest BCUT2D eigenvalue weighted by molar-refractivity contribution is 6.15. The highest BCUT2D eigenvalue weighted by Gasteiger charge is 2.39. The van der Waals surface area contributed by atoms with Crippen LogP contribution in [-0.2, 0) is 16.6 Å². The molecular weight excluding hydrogens is 502 g/mol. The minimum atomic E-state index is -1.12. The first-order chi connectivity index (χ1) is 18.8. The van der Waals surface area contributed by atoms with E-state index < -0.39 is 24.5 Å². The van der Waals surface area contributed by atoms with E-state index in [2.05, 4.69) is 0 Å². The molecule has 0 saturated carbocycles. The fraction of sp³-hybridized carbons (Fsp3) is 0.167. The van der Waals surface area contributed by atoms with E-state index in [4.69, 9.17) is 24.1 Å². The molecule has 3 aromatic carbocycles. The molecule has 196 valence electrons. The molecule has 0 bridgehead atoms. The predicted octanol–water partition coefficient (Wildman–Crippen LogP) is 4.71. The van der Waals surface area contributed by atoms with Gasteiger partial charge < -0.3 is 28.6 Å². The molecule has 39 heavy (non-hydrogen) atoms. The number of fused-ring (bicyclic) bond motifs is 4. The summed E-state index contributed by atoms with van der Waals surface area (Å²) in [5.74, 6) is -0.687. The Labute approximate surface area is 222 Å². The molecule has 9 nitrogen and oxygen atoms in total. The molecule has 4 aromatic rings. The Bertz CT molecular complexity index is 1710. The number of carbonyl (C=O) groups is 3. The number of carboxylic acid groups (broad SMARTS) is 1. The van der Waals surface area contributed by atoms with Crippen molar-refractivity contribution in [3.8, 4) is 23.0 Å². The number of aromatic nitrogens is 1. The van der Waals surface area contributed by atoms with E-state index in [1.807, 2.05) is 36.0 Å². The SMILES string of the molecule is COc1ccc2c(c1)c(/C=C1\Oc3c(ccc4c3[C@H](c3ccccc3OCC(=O)O)CC(=O)O4)C1=O)cn2C. The Morgan fingerprint density at radius 2 is 1.95 bits per heavy atom. The van der Waals surface area contributed by atoms with Crippen LogP contribution in [0.25, 0.3) is 17.0 Å². The third-order valence-corrected chi connectivity index (χ3v) is 6.94. The highest BCUT2D eigenvalue weighted by atomic mass is 16.5. The summed E-state index contributed by atoms with van der Waals surface area (Å²) >= 11 is 0. The molecule has 1 atom stereocenters. The van der Waals surface area contributed by atoms with E-state index in [9.17, 15) is 14.4 Å². The van der Waals surface area contributed by atoms with Crippen LogP contribution < -0.4 is 18.9 Å². The summed E-state index contributed by atoms with van der Waals surface area (Å²) < 4.78 is 24.6. The molecule has 1 aromatic heterocycles. The van der Waals surface area contributed by atoms with Crippen LogP contribution in [0.3, 0.4) is 0 Å². The van der Waals surface area contributed by atoms with Crippen LogP contribution in [-0.4, -0.2) is 41.1 Å². The topological polar surface area (TPSA) is 113 Å². The number of para-hydroxylation sites is 1. The first-order valence-corrected chi connectivity index (χ1v) is 12.2. The van der Waals surface area contributed by atoms with E-state index in [1.54, 1.807) is 49.6 Å². The van der Waals surface area contributed by atoms with Crippen molar-refractivity contribution in [2.45, 2.75) is 12.3 Å². The van der Waals surface area contributed by atoms with Crippen molar-refractivity contribution >= 4 is 34.7 Å². The van der Waals surface area contributed by atoms with E-state index in [-0.39, 0.29) is 23.7 Å². The number of rotatable bonds is 6. The van der Waals surface area contributed by atoms with Gasteiger partial charge in [-0.25, -0.2) is 4.79 Å². The fourth-order valence-corrected chi connectivity index (χ4v) is 5.20. The number of nitrogens with zero attached hydrogens (tertiary/aromatic N) is 1. The number of carboxylic acids is 1. The second-order valence-corrected chi connectivity index (χ2v) is 9.32. The van der Waals surface area contributed by atoms with Crippen molar-refractivity contribution in [3.63, 3.8) is 0 Å². The van der Waals surface area contributed by atoms with Crippen molar-refractivity contribution in [3.05, 3.63) is 88.8 Å². The van der Waals surface area contributed by atoms with Crippen LogP contribution in [0, 0.1) is 0 Å². The monoisotopic (exact) mass is 525 g/mol. The number of methoxy groups -OCH3 is 1.